The molecule has 23 heavy (non-hydrogen) atoms. The predicted octanol–water partition coefficient (Wildman–Crippen LogP) is 4.00. The molecule has 0 fully saturated rings. The molecule has 2 aromatic rings. The van der Waals surface area contributed by atoms with Crippen LogP contribution in [-0.2, 0) is 0 Å². The maximum atomic E-state index is 13.1. The number of hydrogen-bond donors (Lipinski definition) is 1. The van der Waals surface area contributed by atoms with Crippen molar-refractivity contribution in [2.24, 2.45) is 0 Å². The van der Waals surface area contributed by atoms with Gasteiger partial charge in [0.15, 0.2) is 0 Å². The molecule has 1 unspecified atom stereocenters. The molecular weight excluding hydrogens is 301 g/mol. The molecule has 0 saturated heterocycles. The summed E-state index contributed by atoms with van der Waals surface area (Å²) in [4.78, 5) is 12.0. The smallest absolute Gasteiger partial charge is 0.407 e. The van der Waals surface area contributed by atoms with Gasteiger partial charge in [0.05, 0.1) is 6.04 Å². The first-order chi connectivity index (χ1) is 11.0. The minimum absolute atomic E-state index is 0.243. The van der Waals surface area contributed by atoms with E-state index in [9.17, 15) is 9.18 Å². The van der Waals surface area contributed by atoms with Crippen molar-refractivity contribution in [2.75, 3.05) is 13.7 Å². The number of nitrogens with zero attached hydrogens (tertiary/aromatic N) is 1. The van der Waals surface area contributed by atoms with E-state index in [4.69, 9.17) is 14.6 Å². The lowest BCUT2D eigenvalue weighted by Gasteiger charge is -2.21. The zero-order valence-electron chi connectivity index (χ0n) is 12.9. The second kappa shape index (κ2) is 7.49. The number of likely N-dealkylation sites (N-methyl/N-ethyl adjacent to an activating group) is 1. The van der Waals surface area contributed by atoms with E-state index in [1.807, 2.05) is 0 Å². The van der Waals surface area contributed by atoms with E-state index in [0.717, 1.165) is 0 Å². The maximum absolute atomic E-state index is 13.1. The molecule has 1 N–H and O–H groups in total. The lowest BCUT2D eigenvalue weighted by Crippen LogP contribution is -2.37. The first-order valence-electron chi connectivity index (χ1n) is 7.08. The van der Waals surface area contributed by atoms with Crippen LogP contribution in [0.15, 0.2) is 48.5 Å². The molecule has 0 radical (unpaired) electrons. The number of benzene rings is 2. The Kier molecular flexibility index (Phi) is 5.41. The summed E-state index contributed by atoms with van der Waals surface area (Å²) in [6.07, 6.45) is -1.00. The number of ether oxygens (including phenoxy) is 2. The van der Waals surface area contributed by atoms with Crippen LogP contribution in [0.5, 0.6) is 17.2 Å². The maximum Gasteiger partial charge on any atom is 0.407 e. The Balaban J connectivity index is 1.91. The average molecular weight is 319 g/mol. The van der Waals surface area contributed by atoms with Gasteiger partial charge >= 0.3 is 6.09 Å². The second-order valence-electron chi connectivity index (χ2n) is 5.08. The van der Waals surface area contributed by atoms with Gasteiger partial charge in [-0.15, -0.1) is 0 Å². The summed E-state index contributed by atoms with van der Waals surface area (Å²) in [6.45, 7) is 2.00. The molecule has 122 valence electrons. The molecule has 2 rings (SSSR count). The third kappa shape index (κ3) is 4.88. The van der Waals surface area contributed by atoms with E-state index in [-0.39, 0.29) is 18.5 Å². The molecule has 6 heteroatoms. The molecule has 0 aromatic heterocycles. The molecular formula is C17H18FNO4. The van der Waals surface area contributed by atoms with Crippen molar-refractivity contribution in [3.63, 3.8) is 0 Å². The quantitative estimate of drug-likeness (QED) is 0.874. The van der Waals surface area contributed by atoms with E-state index in [1.54, 1.807) is 43.3 Å². The Morgan fingerprint density at radius 2 is 1.83 bits per heavy atom. The first kappa shape index (κ1) is 16.6. The number of amides is 1. The van der Waals surface area contributed by atoms with Crippen LogP contribution in [0.25, 0.3) is 0 Å². The summed E-state index contributed by atoms with van der Waals surface area (Å²) >= 11 is 0. The van der Waals surface area contributed by atoms with Crippen molar-refractivity contribution in [3.05, 3.63) is 54.3 Å². The van der Waals surface area contributed by atoms with Crippen LogP contribution >= 0.6 is 0 Å². The second-order valence-corrected chi connectivity index (χ2v) is 5.08. The SMILES string of the molecule is CC(COc1ccc(Oc2cccc(F)c2)cc1)N(C)C(=O)O. The third-order valence-electron chi connectivity index (χ3n) is 3.31. The van der Waals surface area contributed by atoms with Gasteiger partial charge in [-0.2, -0.15) is 0 Å². The van der Waals surface area contributed by atoms with Gasteiger partial charge in [-0.25, -0.2) is 9.18 Å². The Labute approximate surface area is 133 Å². The summed E-state index contributed by atoms with van der Waals surface area (Å²) in [6, 6.07) is 12.4. The predicted molar refractivity (Wildman–Crippen MR) is 83.7 cm³/mol. The fourth-order valence-corrected chi connectivity index (χ4v) is 1.79. The monoisotopic (exact) mass is 319 g/mol. The summed E-state index contributed by atoms with van der Waals surface area (Å²) in [5.41, 5.74) is 0. The molecule has 0 aliphatic rings. The Hall–Kier alpha value is -2.76. The van der Waals surface area contributed by atoms with Gasteiger partial charge in [-0.1, -0.05) is 6.07 Å². The molecule has 5 nitrogen and oxygen atoms in total. The normalized spacial score (nSPS) is 11.6. The van der Waals surface area contributed by atoms with Crippen LogP contribution in [0.4, 0.5) is 9.18 Å². The lowest BCUT2D eigenvalue weighted by molar-refractivity contribution is 0.124. The van der Waals surface area contributed by atoms with Gasteiger partial charge < -0.3 is 19.5 Å². The van der Waals surface area contributed by atoms with Crippen LogP contribution < -0.4 is 9.47 Å². The van der Waals surface area contributed by atoms with Crippen LogP contribution in [0.2, 0.25) is 0 Å². The topological polar surface area (TPSA) is 59.0 Å². The van der Waals surface area contributed by atoms with E-state index in [2.05, 4.69) is 0 Å². The highest BCUT2D eigenvalue weighted by Gasteiger charge is 2.14. The van der Waals surface area contributed by atoms with Crippen molar-refractivity contribution >= 4 is 6.09 Å². The van der Waals surface area contributed by atoms with Gasteiger partial charge in [0.25, 0.3) is 0 Å². The van der Waals surface area contributed by atoms with E-state index in [1.165, 1.54) is 24.1 Å². The molecule has 0 bridgehead atoms. The molecule has 0 aliphatic heterocycles. The first-order valence-corrected chi connectivity index (χ1v) is 7.08. The largest absolute Gasteiger partial charge is 0.491 e. The van der Waals surface area contributed by atoms with Crippen molar-refractivity contribution in [2.45, 2.75) is 13.0 Å². The zero-order valence-corrected chi connectivity index (χ0v) is 12.9. The third-order valence-corrected chi connectivity index (χ3v) is 3.31. The lowest BCUT2D eigenvalue weighted by atomic mass is 10.3. The van der Waals surface area contributed by atoms with Crippen LogP contribution in [0.3, 0.4) is 0 Å². The van der Waals surface area contributed by atoms with Crippen LogP contribution in [-0.4, -0.2) is 35.8 Å². The van der Waals surface area contributed by atoms with Gasteiger partial charge in [-0.05, 0) is 43.3 Å². The number of hydrogen-bond acceptors (Lipinski definition) is 3. The Morgan fingerprint density at radius 3 is 2.43 bits per heavy atom. The molecule has 0 saturated carbocycles. The van der Waals surface area contributed by atoms with Gasteiger partial charge in [0.2, 0.25) is 0 Å². The number of rotatable bonds is 6. The summed E-state index contributed by atoms with van der Waals surface area (Å²) in [5, 5.41) is 8.87. The minimum Gasteiger partial charge on any atom is -0.491 e. The molecule has 1 atom stereocenters. The summed E-state index contributed by atoms with van der Waals surface area (Å²) in [5.74, 6) is 1.20. The van der Waals surface area contributed by atoms with Crippen molar-refractivity contribution in [1.82, 2.24) is 4.90 Å². The molecule has 2 aromatic carbocycles. The highest BCUT2D eigenvalue weighted by Crippen LogP contribution is 2.24. The van der Waals surface area contributed by atoms with E-state index >= 15 is 0 Å². The van der Waals surface area contributed by atoms with E-state index in [0.29, 0.717) is 17.2 Å². The molecule has 0 aliphatic carbocycles. The number of carbonyl (C=O) groups is 1. The van der Waals surface area contributed by atoms with Crippen molar-refractivity contribution in [3.8, 4) is 17.2 Å². The van der Waals surface area contributed by atoms with Gasteiger partial charge in [0.1, 0.15) is 29.7 Å². The molecule has 0 heterocycles. The fraction of sp³-hybridized carbons (Fsp3) is 0.235. The van der Waals surface area contributed by atoms with E-state index < -0.39 is 6.09 Å². The van der Waals surface area contributed by atoms with Gasteiger partial charge in [0, 0.05) is 13.1 Å². The minimum atomic E-state index is -1.00. The Bertz CT molecular complexity index is 660. The highest BCUT2D eigenvalue weighted by molar-refractivity contribution is 5.64. The number of halogens is 1. The summed E-state index contributed by atoms with van der Waals surface area (Å²) in [7, 11) is 1.49. The fourth-order valence-electron chi connectivity index (χ4n) is 1.79. The van der Waals surface area contributed by atoms with Crippen LogP contribution in [0.1, 0.15) is 6.92 Å². The standard InChI is InChI=1S/C17H18FNO4/c1-12(19(2)17(20)21)11-22-14-6-8-15(9-7-14)23-16-5-3-4-13(18)10-16/h3-10,12H,11H2,1-2H3,(H,20,21). The molecule has 0 spiro atoms. The summed E-state index contributed by atoms with van der Waals surface area (Å²) < 4.78 is 24.2. The zero-order chi connectivity index (χ0) is 16.8. The van der Waals surface area contributed by atoms with Crippen molar-refractivity contribution in [1.29, 1.82) is 0 Å². The average Bonchev–Trinajstić information content (AvgIpc) is 2.53. The molecule has 1 amide bonds. The highest BCUT2D eigenvalue weighted by atomic mass is 19.1. The van der Waals surface area contributed by atoms with Crippen molar-refractivity contribution < 1.29 is 23.8 Å². The van der Waals surface area contributed by atoms with Crippen LogP contribution in [0, 0.1) is 5.82 Å². The number of carboxylic acid groups (broad SMARTS) is 1. The van der Waals surface area contributed by atoms with Gasteiger partial charge in [-0.3, -0.25) is 0 Å². The Morgan fingerprint density at radius 1 is 1.17 bits per heavy atom.